The molecule has 7 heteroatoms. The number of fused-ring (bicyclic) bond motifs is 1. The van der Waals surface area contributed by atoms with Crippen LogP contribution in [-0.4, -0.2) is 19.5 Å². The van der Waals surface area contributed by atoms with Crippen LogP contribution in [0.25, 0.3) is 16.8 Å². The van der Waals surface area contributed by atoms with Crippen molar-refractivity contribution < 1.29 is 4.92 Å². The van der Waals surface area contributed by atoms with Crippen LogP contribution in [0.4, 0.5) is 5.69 Å². The van der Waals surface area contributed by atoms with Gasteiger partial charge in [-0.05, 0) is 5.56 Å². The van der Waals surface area contributed by atoms with Gasteiger partial charge in [0.1, 0.15) is 0 Å². The van der Waals surface area contributed by atoms with E-state index in [1.165, 1.54) is 22.7 Å². The topological polar surface area (TPSA) is 93.3 Å². The van der Waals surface area contributed by atoms with E-state index in [4.69, 9.17) is 0 Å². The third kappa shape index (κ3) is 2.61. The molecule has 0 bridgehead atoms. The molecule has 0 saturated carbocycles. The summed E-state index contributed by atoms with van der Waals surface area (Å²) < 4.78 is 1.34. The Bertz CT molecular complexity index is 963. The van der Waals surface area contributed by atoms with Gasteiger partial charge in [0.05, 0.1) is 10.6 Å². The molecule has 0 unspecified atom stereocenters. The highest BCUT2D eigenvalue weighted by atomic mass is 16.6. The quantitative estimate of drug-likeness (QED) is 0.581. The molecule has 3 aromatic rings. The van der Waals surface area contributed by atoms with E-state index in [0.29, 0.717) is 22.5 Å². The lowest BCUT2D eigenvalue weighted by molar-refractivity contribution is -0.384. The van der Waals surface area contributed by atoms with Crippen LogP contribution in [0, 0.1) is 10.1 Å². The van der Waals surface area contributed by atoms with Crippen LogP contribution in [0.2, 0.25) is 0 Å². The molecule has 0 saturated heterocycles. The Labute approximate surface area is 131 Å². The first-order valence-corrected chi connectivity index (χ1v) is 7.14. The predicted octanol–water partition coefficient (Wildman–Crippen LogP) is 2.90. The van der Waals surface area contributed by atoms with E-state index in [-0.39, 0.29) is 16.7 Å². The first kappa shape index (κ1) is 15.0. The van der Waals surface area contributed by atoms with Crippen LogP contribution in [-0.2, 0) is 5.41 Å². The van der Waals surface area contributed by atoms with Crippen molar-refractivity contribution in [3.63, 3.8) is 0 Å². The maximum Gasteiger partial charge on any atom is 0.272 e. The number of aromatic nitrogens is 3. The SMILES string of the molecule is CC(C)(C)c1cc(=O)n2[nH]cc(-c3cccc([N+](=O)[O-])c3)c2n1. The zero-order valence-electron chi connectivity index (χ0n) is 13.0. The van der Waals surface area contributed by atoms with Gasteiger partial charge in [-0.1, -0.05) is 32.9 Å². The molecule has 3 rings (SSSR count). The molecule has 0 radical (unpaired) electrons. The second kappa shape index (κ2) is 5.05. The van der Waals surface area contributed by atoms with Crippen molar-refractivity contribution in [3.8, 4) is 11.1 Å². The molecule has 0 amide bonds. The second-order valence-electron chi connectivity index (χ2n) is 6.38. The molecule has 2 aromatic heterocycles. The van der Waals surface area contributed by atoms with Crippen LogP contribution in [0.1, 0.15) is 26.5 Å². The summed E-state index contributed by atoms with van der Waals surface area (Å²) in [6.07, 6.45) is 1.63. The van der Waals surface area contributed by atoms with Crippen molar-refractivity contribution in [2.45, 2.75) is 26.2 Å². The summed E-state index contributed by atoms with van der Waals surface area (Å²) in [5.74, 6) is 0. The van der Waals surface area contributed by atoms with Crippen molar-refractivity contribution in [2.75, 3.05) is 0 Å². The number of benzene rings is 1. The number of nitrogens with zero attached hydrogens (tertiary/aromatic N) is 3. The van der Waals surface area contributed by atoms with Crippen molar-refractivity contribution in [2.24, 2.45) is 0 Å². The zero-order valence-corrected chi connectivity index (χ0v) is 13.0. The minimum Gasteiger partial charge on any atom is -0.296 e. The number of non-ortho nitro benzene ring substituents is 1. The molecule has 0 aliphatic carbocycles. The van der Waals surface area contributed by atoms with Crippen LogP contribution in [0.15, 0.2) is 41.3 Å². The van der Waals surface area contributed by atoms with Crippen molar-refractivity contribution >= 4 is 11.3 Å². The number of nitro benzene ring substituents is 1. The number of hydrogen-bond donors (Lipinski definition) is 1. The zero-order chi connectivity index (χ0) is 16.8. The third-order valence-corrected chi connectivity index (χ3v) is 3.63. The van der Waals surface area contributed by atoms with Crippen LogP contribution in [0.5, 0.6) is 0 Å². The molecule has 1 aromatic carbocycles. The Kier molecular flexibility index (Phi) is 3.28. The lowest BCUT2D eigenvalue weighted by atomic mass is 9.92. The maximum absolute atomic E-state index is 12.2. The van der Waals surface area contributed by atoms with Crippen LogP contribution in [0.3, 0.4) is 0 Å². The second-order valence-corrected chi connectivity index (χ2v) is 6.38. The maximum atomic E-state index is 12.2. The monoisotopic (exact) mass is 312 g/mol. The van der Waals surface area contributed by atoms with E-state index < -0.39 is 4.92 Å². The lowest BCUT2D eigenvalue weighted by Crippen LogP contribution is -2.22. The van der Waals surface area contributed by atoms with E-state index in [1.807, 2.05) is 20.8 Å². The van der Waals surface area contributed by atoms with E-state index >= 15 is 0 Å². The number of rotatable bonds is 2. The first-order valence-electron chi connectivity index (χ1n) is 7.14. The molecule has 0 spiro atoms. The Hall–Kier alpha value is -2.96. The Morgan fingerprint density at radius 2 is 2.00 bits per heavy atom. The van der Waals surface area contributed by atoms with Gasteiger partial charge in [-0.25, -0.2) is 9.50 Å². The average Bonchev–Trinajstić information content (AvgIpc) is 2.91. The smallest absolute Gasteiger partial charge is 0.272 e. The average molecular weight is 312 g/mol. The van der Waals surface area contributed by atoms with Crippen LogP contribution >= 0.6 is 0 Å². The van der Waals surface area contributed by atoms with E-state index in [0.717, 1.165) is 0 Å². The van der Waals surface area contributed by atoms with Gasteiger partial charge in [-0.15, -0.1) is 0 Å². The highest BCUT2D eigenvalue weighted by molar-refractivity contribution is 5.78. The normalized spacial score (nSPS) is 11.8. The minimum atomic E-state index is -0.446. The summed E-state index contributed by atoms with van der Waals surface area (Å²) in [7, 11) is 0. The van der Waals surface area contributed by atoms with Crippen molar-refractivity contribution in [1.29, 1.82) is 0 Å². The highest BCUT2D eigenvalue weighted by Crippen LogP contribution is 2.27. The van der Waals surface area contributed by atoms with Gasteiger partial charge in [-0.2, -0.15) is 0 Å². The summed E-state index contributed by atoms with van der Waals surface area (Å²) in [5.41, 5.74) is 1.93. The predicted molar refractivity (Wildman–Crippen MR) is 86.6 cm³/mol. The molecule has 0 aliphatic heterocycles. The molecule has 118 valence electrons. The molecule has 23 heavy (non-hydrogen) atoms. The fourth-order valence-corrected chi connectivity index (χ4v) is 2.36. The highest BCUT2D eigenvalue weighted by Gasteiger charge is 2.20. The molecule has 0 fully saturated rings. The van der Waals surface area contributed by atoms with Gasteiger partial charge in [0.2, 0.25) is 0 Å². The molecule has 7 nitrogen and oxygen atoms in total. The molecule has 0 atom stereocenters. The largest absolute Gasteiger partial charge is 0.296 e. The van der Waals surface area contributed by atoms with E-state index in [9.17, 15) is 14.9 Å². The molecular formula is C16H16N4O3. The Morgan fingerprint density at radius 3 is 2.65 bits per heavy atom. The van der Waals surface area contributed by atoms with Gasteiger partial charge in [0.15, 0.2) is 5.65 Å². The first-order chi connectivity index (χ1) is 10.8. The Balaban J connectivity index is 2.27. The number of aromatic amines is 1. The van der Waals surface area contributed by atoms with Crippen molar-refractivity contribution in [1.82, 2.24) is 14.6 Å². The fraction of sp³-hybridized carbons (Fsp3) is 0.250. The van der Waals surface area contributed by atoms with E-state index in [2.05, 4.69) is 10.1 Å². The summed E-state index contributed by atoms with van der Waals surface area (Å²) in [4.78, 5) is 27.3. The molecule has 0 aliphatic rings. The number of nitro groups is 1. The standard InChI is InChI=1S/C16H16N4O3/c1-16(2,3)13-8-14(21)19-15(18-13)12(9-17-19)10-5-4-6-11(7-10)20(22)23/h4-9,17H,1-3H3. The third-order valence-electron chi connectivity index (χ3n) is 3.63. The van der Waals surface area contributed by atoms with Crippen molar-refractivity contribution in [3.05, 3.63) is 62.7 Å². The summed E-state index contributed by atoms with van der Waals surface area (Å²) in [6, 6.07) is 7.77. The fourth-order valence-electron chi connectivity index (χ4n) is 2.36. The molecular weight excluding hydrogens is 296 g/mol. The van der Waals surface area contributed by atoms with Gasteiger partial charge in [0, 0.05) is 35.4 Å². The van der Waals surface area contributed by atoms with Crippen LogP contribution < -0.4 is 5.56 Å². The summed E-state index contributed by atoms with van der Waals surface area (Å²) >= 11 is 0. The summed E-state index contributed by atoms with van der Waals surface area (Å²) in [5, 5.41) is 13.8. The number of nitrogens with one attached hydrogen (secondary N) is 1. The van der Waals surface area contributed by atoms with Gasteiger partial charge < -0.3 is 0 Å². The molecule has 2 heterocycles. The van der Waals surface area contributed by atoms with Gasteiger partial charge in [0.25, 0.3) is 11.2 Å². The Morgan fingerprint density at radius 1 is 1.26 bits per heavy atom. The molecule has 1 N–H and O–H groups in total. The minimum absolute atomic E-state index is 0.00354. The lowest BCUT2D eigenvalue weighted by Gasteiger charge is -2.17. The van der Waals surface area contributed by atoms with Gasteiger partial charge in [-0.3, -0.25) is 20.0 Å². The van der Waals surface area contributed by atoms with E-state index in [1.54, 1.807) is 18.3 Å². The number of H-pyrrole nitrogens is 1. The number of hydrogen-bond acceptors (Lipinski definition) is 4. The summed E-state index contributed by atoms with van der Waals surface area (Å²) in [6.45, 7) is 5.93. The van der Waals surface area contributed by atoms with Gasteiger partial charge >= 0.3 is 0 Å².